The number of hydrogen-bond donors (Lipinski definition) is 1. The van der Waals surface area contributed by atoms with E-state index in [-0.39, 0.29) is 18.4 Å². The monoisotopic (exact) mass is 391 g/mol. The van der Waals surface area contributed by atoms with E-state index >= 15 is 0 Å². The lowest BCUT2D eigenvalue weighted by Gasteiger charge is -2.08. The molecule has 1 aromatic heterocycles. The summed E-state index contributed by atoms with van der Waals surface area (Å²) in [7, 11) is 1.58. The number of methoxy groups -OCH3 is 1. The van der Waals surface area contributed by atoms with Crippen molar-refractivity contribution >= 4 is 5.91 Å². The molecular formula is C20H29N3O5. The molecule has 1 heterocycles. The Morgan fingerprint density at radius 2 is 2.04 bits per heavy atom. The van der Waals surface area contributed by atoms with Crippen LogP contribution in [-0.2, 0) is 38.6 Å². The molecule has 0 aliphatic carbocycles. The maximum absolute atomic E-state index is 12.1. The van der Waals surface area contributed by atoms with Gasteiger partial charge in [0, 0.05) is 33.1 Å². The van der Waals surface area contributed by atoms with Gasteiger partial charge in [0.2, 0.25) is 11.8 Å². The first-order chi connectivity index (χ1) is 13.6. The van der Waals surface area contributed by atoms with Gasteiger partial charge >= 0.3 is 0 Å². The predicted molar refractivity (Wildman–Crippen MR) is 102 cm³/mol. The van der Waals surface area contributed by atoms with Crippen LogP contribution in [-0.4, -0.2) is 43.0 Å². The molecule has 0 spiro atoms. The average Bonchev–Trinajstić information content (AvgIpc) is 3.19. The number of ether oxygens (including phenoxy) is 3. The van der Waals surface area contributed by atoms with Crippen molar-refractivity contribution in [2.45, 2.75) is 45.9 Å². The van der Waals surface area contributed by atoms with Gasteiger partial charge < -0.3 is 24.1 Å². The smallest absolute Gasteiger partial charge is 0.227 e. The van der Waals surface area contributed by atoms with Crippen LogP contribution >= 0.6 is 0 Å². The molecule has 154 valence electrons. The van der Waals surface area contributed by atoms with Gasteiger partial charge in [-0.3, -0.25) is 4.79 Å². The Labute approximate surface area is 165 Å². The summed E-state index contributed by atoms with van der Waals surface area (Å²) in [5.74, 6) is 0.844. The number of carbonyl (C=O) groups excluding carboxylic acids is 1. The standard InChI is InChI=1S/C20H29N3O5/c1-4-26-10-11-27-14-17-7-5-6-16(12-17)13-21-18(24)8-9-19-22-20(23-28-19)15(2)25-3/h5-7,12,15H,4,8-11,13-14H2,1-3H3,(H,21,24)/t15-/m1/s1. The van der Waals surface area contributed by atoms with Crippen molar-refractivity contribution in [1.29, 1.82) is 0 Å². The normalized spacial score (nSPS) is 12.1. The highest BCUT2D eigenvalue weighted by molar-refractivity contribution is 5.76. The first-order valence-electron chi connectivity index (χ1n) is 9.47. The largest absolute Gasteiger partial charge is 0.379 e. The van der Waals surface area contributed by atoms with Gasteiger partial charge in [-0.05, 0) is 25.0 Å². The molecule has 0 aliphatic heterocycles. The minimum atomic E-state index is -0.234. The SMILES string of the molecule is CCOCCOCc1cccc(CNC(=O)CCc2nc([C@@H](C)OC)no2)c1. The lowest BCUT2D eigenvalue weighted by molar-refractivity contribution is -0.121. The maximum Gasteiger partial charge on any atom is 0.227 e. The molecule has 0 saturated heterocycles. The Morgan fingerprint density at radius 3 is 2.82 bits per heavy atom. The Bertz CT molecular complexity index is 719. The second kappa shape index (κ2) is 12.2. The van der Waals surface area contributed by atoms with Crippen LogP contribution < -0.4 is 5.32 Å². The Morgan fingerprint density at radius 1 is 1.25 bits per heavy atom. The summed E-state index contributed by atoms with van der Waals surface area (Å²) in [4.78, 5) is 16.3. The number of carbonyl (C=O) groups is 1. The van der Waals surface area contributed by atoms with Crippen LogP contribution in [0, 0.1) is 0 Å². The van der Waals surface area contributed by atoms with Gasteiger partial charge in [-0.25, -0.2) is 0 Å². The van der Waals surface area contributed by atoms with E-state index < -0.39 is 0 Å². The summed E-state index contributed by atoms with van der Waals surface area (Å²) in [6.45, 7) is 6.63. The topological polar surface area (TPSA) is 95.7 Å². The van der Waals surface area contributed by atoms with Gasteiger partial charge in [-0.15, -0.1) is 0 Å². The molecule has 0 fully saturated rings. The zero-order valence-corrected chi connectivity index (χ0v) is 16.8. The third-order valence-corrected chi connectivity index (χ3v) is 4.09. The molecule has 1 aromatic carbocycles. The molecule has 0 unspecified atom stereocenters. The molecule has 8 heteroatoms. The van der Waals surface area contributed by atoms with Gasteiger partial charge in [0.15, 0.2) is 5.82 Å². The number of hydrogen-bond acceptors (Lipinski definition) is 7. The van der Waals surface area contributed by atoms with Crippen molar-refractivity contribution in [3.63, 3.8) is 0 Å². The van der Waals surface area contributed by atoms with Gasteiger partial charge in [-0.1, -0.05) is 29.4 Å². The van der Waals surface area contributed by atoms with Crippen LogP contribution in [0.5, 0.6) is 0 Å². The van der Waals surface area contributed by atoms with Crippen molar-refractivity contribution in [2.75, 3.05) is 26.9 Å². The molecule has 2 aromatic rings. The zero-order chi connectivity index (χ0) is 20.2. The second-order valence-electron chi connectivity index (χ2n) is 6.27. The average molecular weight is 391 g/mol. The molecule has 0 radical (unpaired) electrons. The minimum absolute atomic E-state index is 0.0714. The lowest BCUT2D eigenvalue weighted by atomic mass is 10.1. The number of aromatic nitrogens is 2. The van der Waals surface area contributed by atoms with Gasteiger partial charge in [0.25, 0.3) is 0 Å². The maximum atomic E-state index is 12.1. The predicted octanol–water partition coefficient (Wildman–Crippen LogP) is 2.58. The summed E-state index contributed by atoms with van der Waals surface area (Å²) < 4.78 is 21.1. The Hall–Kier alpha value is -2.29. The fourth-order valence-electron chi connectivity index (χ4n) is 2.43. The molecule has 2 rings (SSSR count). The van der Waals surface area contributed by atoms with Crippen molar-refractivity contribution in [3.05, 3.63) is 47.1 Å². The third-order valence-electron chi connectivity index (χ3n) is 4.09. The minimum Gasteiger partial charge on any atom is -0.379 e. The molecule has 0 bridgehead atoms. The molecular weight excluding hydrogens is 362 g/mol. The first-order valence-corrected chi connectivity index (χ1v) is 9.47. The van der Waals surface area contributed by atoms with Gasteiger partial charge in [0.05, 0.1) is 19.8 Å². The van der Waals surface area contributed by atoms with E-state index in [0.29, 0.717) is 51.1 Å². The van der Waals surface area contributed by atoms with Crippen LogP contribution in [0.3, 0.4) is 0 Å². The van der Waals surface area contributed by atoms with E-state index in [0.717, 1.165) is 11.1 Å². The quantitative estimate of drug-likeness (QED) is 0.524. The summed E-state index contributed by atoms with van der Waals surface area (Å²) in [5.41, 5.74) is 2.09. The zero-order valence-electron chi connectivity index (χ0n) is 16.8. The highest BCUT2D eigenvalue weighted by Gasteiger charge is 2.13. The van der Waals surface area contributed by atoms with Crippen molar-refractivity contribution in [1.82, 2.24) is 15.5 Å². The van der Waals surface area contributed by atoms with Crippen LogP contribution in [0.25, 0.3) is 0 Å². The molecule has 1 amide bonds. The fraction of sp³-hybridized carbons (Fsp3) is 0.550. The molecule has 1 N–H and O–H groups in total. The number of benzene rings is 1. The van der Waals surface area contributed by atoms with Crippen LogP contribution in [0.15, 0.2) is 28.8 Å². The summed E-state index contributed by atoms with van der Waals surface area (Å²) in [6, 6.07) is 7.96. The Kier molecular flexibility index (Phi) is 9.61. The number of rotatable bonds is 13. The first kappa shape index (κ1) is 22.0. The van der Waals surface area contributed by atoms with Crippen LogP contribution in [0.4, 0.5) is 0 Å². The third kappa shape index (κ3) is 7.75. The van der Waals surface area contributed by atoms with E-state index in [1.165, 1.54) is 0 Å². The molecule has 0 saturated carbocycles. The van der Waals surface area contributed by atoms with Crippen molar-refractivity contribution in [3.8, 4) is 0 Å². The molecule has 28 heavy (non-hydrogen) atoms. The molecule has 1 atom stereocenters. The van der Waals surface area contributed by atoms with E-state index in [1.54, 1.807) is 7.11 Å². The highest BCUT2D eigenvalue weighted by atomic mass is 16.5. The van der Waals surface area contributed by atoms with Crippen LogP contribution in [0.2, 0.25) is 0 Å². The fourth-order valence-corrected chi connectivity index (χ4v) is 2.43. The highest BCUT2D eigenvalue weighted by Crippen LogP contribution is 2.12. The van der Waals surface area contributed by atoms with Crippen LogP contribution in [0.1, 0.15) is 49.2 Å². The van der Waals surface area contributed by atoms with Gasteiger partial charge in [0.1, 0.15) is 6.10 Å². The van der Waals surface area contributed by atoms with Gasteiger partial charge in [-0.2, -0.15) is 4.98 Å². The summed E-state index contributed by atoms with van der Waals surface area (Å²) >= 11 is 0. The second-order valence-corrected chi connectivity index (χ2v) is 6.27. The van der Waals surface area contributed by atoms with Crippen molar-refractivity contribution in [2.24, 2.45) is 0 Å². The number of aryl methyl sites for hydroxylation is 1. The van der Waals surface area contributed by atoms with E-state index in [1.807, 2.05) is 38.1 Å². The number of amides is 1. The number of nitrogens with zero attached hydrogens (tertiary/aromatic N) is 2. The lowest BCUT2D eigenvalue weighted by Crippen LogP contribution is -2.23. The van der Waals surface area contributed by atoms with E-state index in [2.05, 4.69) is 15.5 Å². The molecule has 8 nitrogen and oxygen atoms in total. The summed E-state index contributed by atoms with van der Waals surface area (Å²) in [5, 5.41) is 6.75. The van der Waals surface area contributed by atoms with E-state index in [4.69, 9.17) is 18.7 Å². The summed E-state index contributed by atoms with van der Waals surface area (Å²) in [6.07, 6.45) is 0.438. The molecule has 0 aliphatic rings. The van der Waals surface area contributed by atoms with E-state index in [9.17, 15) is 4.79 Å². The van der Waals surface area contributed by atoms with Crippen molar-refractivity contribution < 1.29 is 23.5 Å². The number of nitrogens with one attached hydrogen (secondary N) is 1. The Balaban J connectivity index is 1.70.